The molecule has 4 heterocycles. The first-order valence-corrected chi connectivity index (χ1v) is 11.3. The van der Waals surface area contributed by atoms with Crippen molar-refractivity contribution in [1.82, 2.24) is 29.8 Å². The summed E-state index contributed by atoms with van der Waals surface area (Å²) in [5.41, 5.74) is 8.44. The zero-order chi connectivity index (χ0) is 23.5. The van der Waals surface area contributed by atoms with E-state index < -0.39 is 0 Å². The Morgan fingerprint density at radius 1 is 1.15 bits per heavy atom. The highest BCUT2D eigenvalue weighted by molar-refractivity contribution is 5.81. The highest BCUT2D eigenvalue weighted by Gasteiger charge is 2.14. The Hall–Kier alpha value is -3.76. The van der Waals surface area contributed by atoms with Gasteiger partial charge in [0.1, 0.15) is 17.1 Å². The molecule has 0 radical (unpaired) electrons. The van der Waals surface area contributed by atoms with Gasteiger partial charge >= 0.3 is 5.69 Å². The summed E-state index contributed by atoms with van der Waals surface area (Å²) in [5, 5.41) is 3.54. The lowest BCUT2D eigenvalue weighted by Gasteiger charge is -2.23. The van der Waals surface area contributed by atoms with E-state index in [4.69, 9.17) is 15.2 Å². The quantitative estimate of drug-likeness (QED) is 0.382. The van der Waals surface area contributed by atoms with Gasteiger partial charge in [-0.25, -0.2) is 19.7 Å². The molecule has 10 nitrogen and oxygen atoms in total. The summed E-state index contributed by atoms with van der Waals surface area (Å²) in [6, 6.07) is 13.8. The monoisotopic (exact) mass is 461 g/mol. The van der Waals surface area contributed by atoms with Gasteiger partial charge in [0.2, 0.25) is 5.88 Å². The van der Waals surface area contributed by atoms with E-state index >= 15 is 0 Å². The molecule has 0 bridgehead atoms. The molecule has 5 rings (SSSR count). The first-order chi connectivity index (χ1) is 16.5. The van der Waals surface area contributed by atoms with Crippen LogP contribution in [0.15, 0.2) is 47.3 Å². The predicted octanol–water partition coefficient (Wildman–Crippen LogP) is 2.51. The third-order valence-corrected chi connectivity index (χ3v) is 5.82. The predicted molar refractivity (Wildman–Crippen MR) is 128 cm³/mol. The molecule has 0 unspecified atom stereocenters. The summed E-state index contributed by atoms with van der Waals surface area (Å²) in [6.45, 7) is 4.39. The van der Waals surface area contributed by atoms with Gasteiger partial charge in [-0.1, -0.05) is 18.2 Å². The topological polar surface area (TPSA) is 133 Å². The van der Waals surface area contributed by atoms with Gasteiger partial charge in [-0.05, 0) is 43.5 Å². The zero-order valence-electron chi connectivity index (χ0n) is 19.0. The average Bonchev–Trinajstić information content (AvgIpc) is 3.15. The van der Waals surface area contributed by atoms with Crippen molar-refractivity contribution in [3.63, 3.8) is 0 Å². The van der Waals surface area contributed by atoms with Gasteiger partial charge in [0.25, 0.3) is 0 Å². The van der Waals surface area contributed by atoms with Crippen molar-refractivity contribution >= 4 is 17.0 Å². The molecule has 0 aliphatic carbocycles. The fraction of sp³-hybridized carbons (Fsp3) is 0.333. The molecular weight excluding hydrogens is 434 g/mol. The fourth-order valence-electron chi connectivity index (χ4n) is 4.04. The van der Waals surface area contributed by atoms with E-state index in [-0.39, 0.29) is 11.5 Å². The fourth-order valence-corrected chi connectivity index (χ4v) is 4.04. The van der Waals surface area contributed by atoms with E-state index in [0.29, 0.717) is 47.7 Å². The minimum absolute atomic E-state index is 0.264. The molecule has 1 fully saturated rings. The van der Waals surface area contributed by atoms with Crippen LogP contribution >= 0.6 is 0 Å². The number of anilines is 1. The molecule has 1 aromatic carbocycles. The first kappa shape index (κ1) is 22.1. The maximum absolute atomic E-state index is 12.4. The van der Waals surface area contributed by atoms with Gasteiger partial charge in [0.05, 0.1) is 12.2 Å². The van der Waals surface area contributed by atoms with Gasteiger partial charge in [-0.3, -0.25) is 4.57 Å². The van der Waals surface area contributed by atoms with E-state index in [9.17, 15) is 4.79 Å². The Bertz CT molecular complexity index is 1340. The second kappa shape index (κ2) is 9.62. The number of nitrogens with two attached hydrogens (primary N) is 1. The second-order valence-corrected chi connectivity index (χ2v) is 8.35. The normalized spacial score (nSPS) is 14.5. The third-order valence-electron chi connectivity index (χ3n) is 5.82. The highest BCUT2D eigenvalue weighted by Crippen LogP contribution is 2.21. The zero-order valence-corrected chi connectivity index (χ0v) is 19.0. The summed E-state index contributed by atoms with van der Waals surface area (Å²) < 4.78 is 12.9. The van der Waals surface area contributed by atoms with Gasteiger partial charge in [0.15, 0.2) is 11.5 Å². The van der Waals surface area contributed by atoms with Crippen LogP contribution in [-0.2, 0) is 17.8 Å². The Morgan fingerprint density at radius 2 is 1.94 bits per heavy atom. The Balaban J connectivity index is 1.25. The SMILES string of the molecule is Cc1nc(N)c2[nH]c(=O)n(Cc3ccc(Oc4cccc(CNC5CCOCC5)n4)cc3)c2n1. The molecule has 3 aromatic heterocycles. The second-order valence-electron chi connectivity index (χ2n) is 8.35. The number of hydrogen-bond acceptors (Lipinski definition) is 8. The number of aryl methyl sites for hydroxylation is 1. The van der Waals surface area contributed by atoms with Crippen LogP contribution in [0.1, 0.15) is 29.9 Å². The molecule has 10 heteroatoms. The molecule has 1 saturated heterocycles. The van der Waals surface area contributed by atoms with Crippen LogP contribution in [0.3, 0.4) is 0 Å². The number of benzene rings is 1. The summed E-state index contributed by atoms with van der Waals surface area (Å²) in [5.74, 6) is 1.98. The van der Waals surface area contributed by atoms with E-state index in [1.807, 2.05) is 42.5 Å². The van der Waals surface area contributed by atoms with E-state index in [0.717, 1.165) is 37.3 Å². The largest absolute Gasteiger partial charge is 0.439 e. The van der Waals surface area contributed by atoms with Crippen molar-refractivity contribution in [3.05, 3.63) is 70.0 Å². The van der Waals surface area contributed by atoms with E-state index in [1.54, 1.807) is 11.5 Å². The molecule has 0 amide bonds. The maximum atomic E-state index is 12.4. The summed E-state index contributed by atoms with van der Waals surface area (Å²) in [7, 11) is 0. The number of fused-ring (bicyclic) bond motifs is 1. The van der Waals surface area contributed by atoms with Crippen LogP contribution in [-0.4, -0.2) is 43.8 Å². The van der Waals surface area contributed by atoms with Crippen LogP contribution in [0, 0.1) is 6.92 Å². The number of H-pyrrole nitrogens is 1. The molecule has 0 atom stereocenters. The molecule has 0 saturated carbocycles. The lowest BCUT2D eigenvalue weighted by Crippen LogP contribution is -2.34. The minimum Gasteiger partial charge on any atom is -0.439 e. The number of imidazole rings is 1. The van der Waals surface area contributed by atoms with Gasteiger partial charge in [0, 0.05) is 31.9 Å². The number of hydrogen-bond donors (Lipinski definition) is 3. The molecular formula is C24H27N7O3. The van der Waals surface area contributed by atoms with Crippen LogP contribution in [0.4, 0.5) is 5.82 Å². The number of ether oxygens (including phenoxy) is 2. The number of pyridine rings is 1. The van der Waals surface area contributed by atoms with Crippen LogP contribution in [0.2, 0.25) is 0 Å². The molecule has 1 aliphatic rings. The molecule has 1 aliphatic heterocycles. The van der Waals surface area contributed by atoms with Crippen molar-refractivity contribution in [2.24, 2.45) is 0 Å². The Kier molecular flexibility index (Phi) is 6.24. The average molecular weight is 462 g/mol. The highest BCUT2D eigenvalue weighted by atomic mass is 16.5. The smallest absolute Gasteiger partial charge is 0.328 e. The Labute approximate surface area is 196 Å². The molecule has 4 N–H and O–H groups in total. The van der Waals surface area contributed by atoms with Crippen molar-refractivity contribution in [3.8, 4) is 11.6 Å². The van der Waals surface area contributed by atoms with E-state index in [2.05, 4.69) is 25.3 Å². The van der Waals surface area contributed by atoms with E-state index in [1.165, 1.54) is 0 Å². The van der Waals surface area contributed by atoms with Crippen LogP contribution < -0.4 is 21.5 Å². The molecule has 4 aromatic rings. The summed E-state index contributed by atoms with van der Waals surface area (Å²) in [6.07, 6.45) is 2.04. The minimum atomic E-state index is -0.280. The van der Waals surface area contributed by atoms with Crippen LogP contribution in [0.25, 0.3) is 11.2 Å². The molecule has 34 heavy (non-hydrogen) atoms. The van der Waals surface area contributed by atoms with Gasteiger partial charge < -0.3 is 25.5 Å². The molecule has 176 valence electrons. The van der Waals surface area contributed by atoms with Crippen molar-refractivity contribution in [2.45, 2.75) is 38.9 Å². The number of rotatable bonds is 7. The van der Waals surface area contributed by atoms with Gasteiger partial charge in [-0.2, -0.15) is 0 Å². The first-order valence-electron chi connectivity index (χ1n) is 11.3. The number of nitrogen functional groups attached to an aromatic ring is 1. The Morgan fingerprint density at radius 3 is 2.74 bits per heavy atom. The van der Waals surface area contributed by atoms with Crippen LogP contribution in [0.5, 0.6) is 11.6 Å². The number of nitrogens with zero attached hydrogens (tertiary/aromatic N) is 4. The lowest BCUT2D eigenvalue weighted by molar-refractivity contribution is 0.0775. The number of aromatic amines is 1. The maximum Gasteiger partial charge on any atom is 0.328 e. The molecule has 0 spiro atoms. The van der Waals surface area contributed by atoms with Crippen molar-refractivity contribution in [2.75, 3.05) is 18.9 Å². The van der Waals surface area contributed by atoms with Crippen molar-refractivity contribution < 1.29 is 9.47 Å². The standard InChI is InChI=1S/C24H27N7O3/c1-15-27-22(25)21-23(28-15)31(24(32)30-21)14-16-5-7-19(8-6-16)34-20-4-2-3-18(29-20)13-26-17-9-11-33-12-10-17/h2-8,17,26H,9-14H2,1H3,(H,30,32)(H2,25,27,28). The third kappa shape index (κ3) is 4.92. The summed E-state index contributed by atoms with van der Waals surface area (Å²) >= 11 is 0. The number of aromatic nitrogens is 5. The van der Waals surface area contributed by atoms with Crippen molar-refractivity contribution in [1.29, 1.82) is 0 Å². The summed E-state index contributed by atoms with van der Waals surface area (Å²) in [4.78, 5) is 28.3. The lowest BCUT2D eigenvalue weighted by atomic mass is 10.1. The number of nitrogens with one attached hydrogen (secondary N) is 2. The van der Waals surface area contributed by atoms with Gasteiger partial charge in [-0.15, -0.1) is 0 Å².